The Bertz CT molecular complexity index is 936. The van der Waals surface area contributed by atoms with Crippen molar-refractivity contribution in [2.24, 2.45) is 5.92 Å². The molecule has 3 nitrogen and oxygen atoms in total. The lowest BCUT2D eigenvalue weighted by molar-refractivity contribution is -0.0688. The third kappa shape index (κ3) is 2.72. The van der Waals surface area contributed by atoms with Crippen LogP contribution in [0.15, 0.2) is 66.9 Å². The molecule has 3 heteroatoms. The highest BCUT2D eigenvalue weighted by Gasteiger charge is 2.49. The Morgan fingerprint density at radius 1 is 0.926 bits per heavy atom. The number of pyridine rings is 1. The maximum Gasteiger partial charge on any atom is 0.0961 e. The van der Waals surface area contributed by atoms with Crippen molar-refractivity contribution in [1.29, 1.82) is 0 Å². The number of fused-ring (bicyclic) bond motifs is 2. The van der Waals surface area contributed by atoms with Gasteiger partial charge in [0.2, 0.25) is 0 Å². The van der Waals surface area contributed by atoms with Crippen molar-refractivity contribution in [2.75, 3.05) is 11.4 Å². The van der Waals surface area contributed by atoms with Crippen LogP contribution in [0.4, 0.5) is 5.69 Å². The number of aromatic nitrogens is 1. The predicted octanol–water partition coefficient (Wildman–Crippen LogP) is 4.89. The van der Waals surface area contributed by atoms with Gasteiger partial charge in [0.1, 0.15) is 0 Å². The molecule has 2 aromatic carbocycles. The molecule has 138 valence electrons. The smallest absolute Gasteiger partial charge is 0.0961 e. The minimum atomic E-state index is -0.721. The highest BCUT2D eigenvalue weighted by atomic mass is 16.3. The third-order valence-electron chi connectivity index (χ3n) is 6.67. The quantitative estimate of drug-likeness (QED) is 0.708. The van der Waals surface area contributed by atoms with Crippen molar-refractivity contribution in [1.82, 2.24) is 4.98 Å². The lowest BCUT2D eigenvalue weighted by Gasteiger charge is -2.53. The van der Waals surface area contributed by atoms with E-state index >= 15 is 0 Å². The first-order valence-corrected chi connectivity index (χ1v) is 10.2. The van der Waals surface area contributed by atoms with Crippen molar-refractivity contribution in [3.63, 3.8) is 0 Å². The average molecular weight is 358 g/mol. The van der Waals surface area contributed by atoms with E-state index in [2.05, 4.69) is 46.3 Å². The van der Waals surface area contributed by atoms with Gasteiger partial charge in [0.15, 0.2) is 0 Å². The van der Waals surface area contributed by atoms with E-state index in [4.69, 9.17) is 0 Å². The van der Waals surface area contributed by atoms with Crippen LogP contribution < -0.4 is 4.90 Å². The van der Waals surface area contributed by atoms with Gasteiger partial charge < -0.3 is 10.0 Å². The summed E-state index contributed by atoms with van der Waals surface area (Å²) in [4.78, 5) is 7.22. The molecule has 3 atom stereocenters. The molecule has 2 heterocycles. The van der Waals surface area contributed by atoms with E-state index < -0.39 is 5.60 Å². The fourth-order valence-electron chi connectivity index (χ4n) is 5.39. The molecule has 2 aliphatic rings. The number of aliphatic hydroxyl groups is 1. The molecule has 0 spiro atoms. The monoisotopic (exact) mass is 358 g/mol. The number of para-hydroxylation sites is 1. The maximum absolute atomic E-state index is 11.8. The average Bonchev–Trinajstić information content (AvgIpc) is 2.75. The number of hydrogen-bond donors (Lipinski definition) is 1. The van der Waals surface area contributed by atoms with Crippen LogP contribution in [0.5, 0.6) is 0 Å². The predicted molar refractivity (Wildman–Crippen MR) is 110 cm³/mol. The summed E-state index contributed by atoms with van der Waals surface area (Å²) in [5, 5.41) is 13.0. The Balaban J connectivity index is 1.57. The van der Waals surface area contributed by atoms with Gasteiger partial charge in [-0.05, 0) is 37.0 Å². The summed E-state index contributed by atoms with van der Waals surface area (Å²) >= 11 is 0. The van der Waals surface area contributed by atoms with Gasteiger partial charge in [0.05, 0.1) is 16.8 Å². The highest BCUT2D eigenvalue weighted by Crippen LogP contribution is 2.48. The fourth-order valence-corrected chi connectivity index (χ4v) is 5.39. The molecule has 2 fully saturated rings. The Morgan fingerprint density at radius 3 is 2.63 bits per heavy atom. The SMILES string of the molecule is OC1(c2ccccc2)CCN(c2cccc3cccnc23)C2CCCCC21. The first-order valence-electron chi connectivity index (χ1n) is 10.2. The third-order valence-corrected chi connectivity index (χ3v) is 6.67. The van der Waals surface area contributed by atoms with Crippen molar-refractivity contribution in [2.45, 2.75) is 43.7 Å². The fraction of sp³-hybridized carbons (Fsp3) is 0.375. The topological polar surface area (TPSA) is 36.4 Å². The summed E-state index contributed by atoms with van der Waals surface area (Å²) in [5.41, 5.74) is 2.66. The normalized spacial score (nSPS) is 28.1. The molecule has 5 rings (SSSR count). The van der Waals surface area contributed by atoms with E-state index in [1.165, 1.54) is 23.9 Å². The highest BCUT2D eigenvalue weighted by molar-refractivity contribution is 5.90. The van der Waals surface area contributed by atoms with Crippen LogP contribution in [0.25, 0.3) is 10.9 Å². The first-order chi connectivity index (χ1) is 13.3. The zero-order valence-corrected chi connectivity index (χ0v) is 15.6. The number of piperidine rings is 1. The van der Waals surface area contributed by atoms with E-state index in [9.17, 15) is 5.11 Å². The minimum absolute atomic E-state index is 0.265. The number of rotatable bonds is 2. The first kappa shape index (κ1) is 16.8. The lowest BCUT2D eigenvalue weighted by Crippen LogP contribution is -2.57. The Labute approximate surface area is 160 Å². The van der Waals surface area contributed by atoms with Crippen molar-refractivity contribution in [3.8, 4) is 0 Å². The molecular weight excluding hydrogens is 332 g/mol. The van der Waals surface area contributed by atoms with Gasteiger partial charge in [0.25, 0.3) is 0 Å². The Morgan fingerprint density at radius 2 is 1.74 bits per heavy atom. The maximum atomic E-state index is 11.8. The number of benzene rings is 2. The molecule has 0 radical (unpaired) electrons. The van der Waals surface area contributed by atoms with Gasteiger partial charge in [-0.3, -0.25) is 4.98 Å². The Kier molecular flexibility index (Phi) is 4.13. The van der Waals surface area contributed by atoms with Gasteiger partial charge in [-0.25, -0.2) is 0 Å². The summed E-state index contributed by atoms with van der Waals surface area (Å²) in [6, 6.07) is 21.3. The molecule has 1 saturated heterocycles. The van der Waals surface area contributed by atoms with Crippen LogP contribution in [0.1, 0.15) is 37.7 Å². The lowest BCUT2D eigenvalue weighted by atomic mass is 9.66. The van der Waals surface area contributed by atoms with Crippen molar-refractivity contribution < 1.29 is 5.11 Å². The summed E-state index contributed by atoms with van der Waals surface area (Å²) in [7, 11) is 0. The second kappa shape index (κ2) is 6.65. The molecule has 3 unspecified atom stereocenters. The van der Waals surface area contributed by atoms with Gasteiger partial charge in [0, 0.05) is 30.1 Å². The molecule has 1 aromatic heterocycles. The van der Waals surface area contributed by atoms with Crippen LogP contribution in [0.2, 0.25) is 0 Å². The van der Waals surface area contributed by atoms with Crippen LogP contribution >= 0.6 is 0 Å². The van der Waals surface area contributed by atoms with Gasteiger partial charge in [-0.2, -0.15) is 0 Å². The second-order valence-corrected chi connectivity index (χ2v) is 8.04. The van der Waals surface area contributed by atoms with E-state index in [0.717, 1.165) is 36.9 Å². The van der Waals surface area contributed by atoms with Gasteiger partial charge >= 0.3 is 0 Å². The summed E-state index contributed by atoms with van der Waals surface area (Å²) in [5.74, 6) is 0.265. The number of hydrogen-bond acceptors (Lipinski definition) is 3. The van der Waals surface area contributed by atoms with Gasteiger partial charge in [-0.15, -0.1) is 0 Å². The standard InChI is InChI=1S/C24H26N2O/c27-24(19-10-2-1-3-11-19)15-17-26(21-13-5-4-12-20(21)24)22-14-6-8-18-9-7-16-25-23(18)22/h1-3,6-11,14,16,20-21,27H,4-5,12-13,15,17H2. The molecule has 1 aliphatic carbocycles. The summed E-state index contributed by atoms with van der Waals surface area (Å²) in [6.07, 6.45) is 7.32. The van der Waals surface area contributed by atoms with E-state index in [1.54, 1.807) is 0 Å². The molecule has 1 N–H and O–H groups in total. The van der Waals surface area contributed by atoms with Crippen molar-refractivity contribution >= 4 is 16.6 Å². The van der Waals surface area contributed by atoms with Gasteiger partial charge in [-0.1, -0.05) is 61.4 Å². The van der Waals surface area contributed by atoms with E-state index in [1.807, 2.05) is 30.5 Å². The van der Waals surface area contributed by atoms with Crippen LogP contribution in [-0.2, 0) is 5.60 Å². The molecule has 27 heavy (non-hydrogen) atoms. The Hall–Kier alpha value is -2.39. The van der Waals surface area contributed by atoms with E-state index in [0.29, 0.717) is 6.04 Å². The summed E-state index contributed by atoms with van der Waals surface area (Å²) < 4.78 is 0. The molecule has 1 saturated carbocycles. The zero-order valence-electron chi connectivity index (χ0n) is 15.6. The summed E-state index contributed by atoms with van der Waals surface area (Å²) in [6.45, 7) is 0.863. The minimum Gasteiger partial charge on any atom is -0.385 e. The second-order valence-electron chi connectivity index (χ2n) is 8.04. The zero-order chi connectivity index (χ0) is 18.3. The molecule has 1 aliphatic heterocycles. The molecular formula is C24H26N2O. The molecule has 3 aromatic rings. The number of anilines is 1. The largest absolute Gasteiger partial charge is 0.385 e. The van der Waals surface area contributed by atoms with Crippen molar-refractivity contribution in [3.05, 3.63) is 72.4 Å². The van der Waals surface area contributed by atoms with Crippen LogP contribution in [0.3, 0.4) is 0 Å². The number of nitrogens with zero attached hydrogens (tertiary/aromatic N) is 2. The molecule has 0 amide bonds. The van der Waals surface area contributed by atoms with E-state index in [-0.39, 0.29) is 5.92 Å². The van der Waals surface area contributed by atoms with Crippen LogP contribution in [0, 0.1) is 5.92 Å². The molecule has 0 bridgehead atoms. The van der Waals surface area contributed by atoms with Crippen LogP contribution in [-0.4, -0.2) is 22.7 Å².